The van der Waals surface area contributed by atoms with Gasteiger partial charge >= 0.3 is 0 Å². The van der Waals surface area contributed by atoms with Crippen molar-refractivity contribution in [1.29, 1.82) is 0 Å². The summed E-state index contributed by atoms with van der Waals surface area (Å²) in [7, 11) is -6.68. The van der Waals surface area contributed by atoms with Crippen LogP contribution >= 0.6 is 0 Å². The fourth-order valence-electron chi connectivity index (χ4n) is 2.23. The van der Waals surface area contributed by atoms with Gasteiger partial charge in [0, 0.05) is 39.3 Å². The number of hydrogen-bond acceptors (Lipinski definition) is 8. The second kappa shape index (κ2) is 9.14. The minimum Gasteiger partial charge on any atom is -0.301 e. The van der Waals surface area contributed by atoms with Gasteiger partial charge in [-0.15, -0.1) is 0 Å². The number of rotatable bonds is 10. The third-order valence-electron chi connectivity index (χ3n) is 3.30. The Hall–Kier alpha value is -0.260. The Morgan fingerprint density at radius 3 is 1.32 bits per heavy atom. The molecule has 0 radical (unpaired) electrons. The molecule has 132 valence electrons. The maximum atomic E-state index is 10.8. The summed E-state index contributed by atoms with van der Waals surface area (Å²) in [6.07, 6.45) is 3.49. The minimum atomic E-state index is -3.34. The molecule has 10 heteroatoms. The molecule has 22 heavy (non-hydrogen) atoms. The Labute approximate surface area is 133 Å². The molecule has 0 aromatic carbocycles. The van der Waals surface area contributed by atoms with E-state index in [0.717, 1.165) is 51.8 Å². The standard InChI is InChI=1S/C12H26N2O6S2/c1-21(15,16)19-11-3-5-13-7-9-14(10-8-13)6-4-12-20-22(2,17)18/h3-12H2,1-2H3. The van der Waals surface area contributed by atoms with Crippen molar-refractivity contribution in [2.24, 2.45) is 0 Å². The Balaban J connectivity index is 2.06. The van der Waals surface area contributed by atoms with Crippen molar-refractivity contribution in [3.63, 3.8) is 0 Å². The van der Waals surface area contributed by atoms with E-state index < -0.39 is 20.2 Å². The summed E-state index contributed by atoms with van der Waals surface area (Å²) in [6.45, 7) is 5.78. The lowest BCUT2D eigenvalue weighted by molar-refractivity contribution is 0.121. The summed E-state index contributed by atoms with van der Waals surface area (Å²) < 4.78 is 52.7. The van der Waals surface area contributed by atoms with Crippen LogP contribution in [0.1, 0.15) is 12.8 Å². The fraction of sp³-hybridized carbons (Fsp3) is 1.00. The van der Waals surface area contributed by atoms with Crippen LogP contribution in [-0.4, -0.2) is 91.6 Å². The normalized spacial score (nSPS) is 18.6. The zero-order valence-electron chi connectivity index (χ0n) is 13.2. The van der Waals surface area contributed by atoms with E-state index in [0.29, 0.717) is 12.8 Å². The lowest BCUT2D eigenvalue weighted by atomic mass is 10.2. The van der Waals surface area contributed by atoms with Gasteiger partial charge in [0.25, 0.3) is 20.2 Å². The molecule has 0 saturated carbocycles. The van der Waals surface area contributed by atoms with Gasteiger partial charge in [-0.1, -0.05) is 0 Å². The van der Waals surface area contributed by atoms with Crippen LogP contribution < -0.4 is 0 Å². The molecule has 1 aliphatic heterocycles. The predicted octanol–water partition coefficient (Wildman–Crippen LogP) is -0.663. The van der Waals surface area contributed by atoms with Crippen LogP contribution in [0.2, 0.25) is 0 Å². The highest BCUT2D eigenvalue weighted by molar-refractivity contribution is 7.86. The van der Waals surface area contributed by atoms with E-state index in [1.54, 1.807) is 0 Å². The average Bonchev–Trinajstić information content (AvgIpc) is 2.39. The maximum Gasteiger partial charge on any atom is 0.264 e. The molecule has 0 spiro atoms. The Morgan fingerprint density at radius 1 is 0.727 bits per heavy atom. The molecule has 1 aliphatic rings. The van der Waals surface area contributed by atoms with Crippen molar-refractivity contribution in [3.8, 4) is 0 Å². The topological polar surface area (TPSA) is 93.2 Å². The Bertz CT molecular complexity index is 464. The van der Waals surface area contributed by atoms with Crippen molar-refractivity contribution in [2.75, 3.05) is 65.0 Å². The van der Waals surface area contributed by atoms with E-state index in [1.807, 2.05) is 0 Å². The molecular weight excluding hydrogens is 332 g/mol. The van der Waals surface area contributed by atoms with E-state index in [2.05, 4.69) is 9.80 Å². The van der Waals surface area contributed by atoms with Crippen molar-refractivity contribution >= 4 is 20.2 Å². The zero-order chi connectivity index (χ0) is 16.6. The summed E-state index contributed by atoms with van der Waals surface area (Å²) >= 11 is 0. The molecule has 0 aromatic rings. The van der Waals surface area contributed by atoms with Crippen molar-refractivity contribution in [3.05, 3.63) is 0 Å². The van der Waals surface area contributed by atoms with E-state index in [9.17, 15) is 16.8 Å². The lowest BCUT2D eigenvalue weighted by Crippen LogP contribution is -2.47. The van der Waals surface area contributed by atoms with E-state index in [1.165, 1.54) is 0 Å². The number of piperazine rings is 1. The van der Waals surface area contributed by atoms with Gasteiger partial charge in [0.15, 0.2) is 0 Å². The molecule has 0 unspecified atom stereocenters. The highest BCUT2D eigenvalue weighted by Gasteiger charge is 2.16. The molecule has 8 nitrogen and oxygen atoms in total. The van der Waals surface area contributed by atoms with E-state index >= 15 is 0 Å². The summed E-state index contributed by atoms with van der Waals surface area (Å²) in [5, 5.41) is 0. The van der Waals surface area contributed by atoms with Crippen molar-refractivity contribution < 1.29 is 25.2 Å². The quantitative estimate of drug-likeness (QED) is 0.375. The smallest absolute Gasteiger partial charge is 0.264 e. The third kappa shape index (κ3) is 10.5. The molecular formula is C12H26N2O6S2. The largest absolute Gasteiger partial charge is 0.301 e. The summed E-state index contributed by atoms with van der Waals surface area (Å²) in [6, 6.07) is 0. The predicted molar refractivity (Wildman–Crippen MR) is 83.7 cm³/mol. The van der Waals surface area contributed by atoms with Crippen molar-refractivity contribution in [1.82, 2.24) is 9.80 Å². The van der Waals surface area contributed by atoms with Gasteiger partial charge in [-0.05, 0) is 12.8 Å². The Kier molecular flexibility index (Phi) is 8.22. The molecule has 0 N–H and O–H groups in total. The Morgan fingerprint density at radius 2 is 1.05 bits per heavy atom. The van der Waals surface area contributed by atoms with Crippen LogP contribution in [0, 0.1) is 0 Å². The number of nitrogens with zero attached hydrogens (tertiary/aromatic N) is 2. The first kappa shape index (κ1) is 19.8. The summed E-state index contributed by atoms with van der Waals surface area (Å²) in [4.78, 5) is 4.55. The van der Waals surface area contributed by atoms with Gasteiger partial charge in [-0.3, -0.25) is 8.37 Å². The van der Waals surface area contributed by atoms with Crippen LogP contribution in [0.25, 0.3) is 0 Å². The molecule has 0 aromatic heterocycles. The van der Waals surface area contributed by atoms with E-state index in [4.69, 9.17) is 8.37 Å². The zero-order valence-corrected chi connectivity index (χ0v) is 14.9. The molecule has 1 fully saturated rings. The highest BCUT2D eigenvalue weighted by atomic mass is 32.2. The van der Waals surface area contributed by atoms with Crippen LogP contribution in [0.5, 0.6) is 0 Å². The summed E-state index contributed by atoms with van der Waals surface area (Å²) in [5.41, 5.74) is 0. The second-order valence-electron chi connectivity index (χ2n) is 5.44. The molecule has 0 bridgehead atoms. The average molecular weight is 358 g/mol. The van der Waals surface area contributed by atoms with Gasteiger partial charge in [0.2, 0.25) is 0 Å². The molecule has 0 atom stereocenters. The van der Waals surface area contributed by atoms with Gasteiger partial charge in [-0.2, -0.15) is 16.8 Å². The molecule has 0 amide bonds. The highest BCUT2D eigenvalue weighted by Crippen LogP contribution is 2.04. The molecule has 0 aliphatic carbocycles. The van der Waals surface area contributed by atoms with Gasteiger partial charge in [0.05, 0.1) is 25.7 Å². The van der Waals surface area contributed by atoms with Crippen LogP contribution in [0.4, 0.5) is 0 Å². The van der Waals surface area contributed by atoms with Crippen molar-refractivity contribution in [2.45, 2.75) is 12.8 Å². The van der Waals surface area contributed by atoms with Crippen LogP contribution in [0.3, 0.4) is 0 Å². The fourth-order valence-corrected chi connectivity index (χ4v) is 3.07. The van der Waals surface area contributed by atoms with Gasteiger partial charge in [-0.25, -0.2) is 0 Å². The van der Waals surface area contributed by atoms with Gasteiger partial charge in [0.1, 0.15) is 0 Å². The number of hydrogen-bond donors (Lipinski definition) is 0. The second-order valence-corrected chi connectivity index (χ2v) is 8.73. The lowest BCUT2D eigenvalue weighted by Gasteiger charge is -2.34. The summed E-state index contributed by atoms with van der Waals surface area (Å²) in [5.74, 6) is 0. The van der Waals surface area contributed by atoms with Crippen LogP contribution in [-0.2, 0) is 28.6 Å². The third-order valence-corrected chi connectivity index (χ3v) is 4.49. The minimum absolute atomic E-state index is 0.224. The SMILES string of the molecule is CS(=O)(=O)OCCCN1CCN(CCCOS(C)(=O)=O)CC1. The van der Waals surface area contributed by atoms with Gasteiger partial charge < -0.3 is 9.80 Å². The van der Waals surface area contributed by atoms with E-state index in [-0.39, 0.29) is 13.2 Å². The first-order valence-corrected chi connectivity index (χ1v) is 10.9. The molecule has 1 rings (SSSR count). The monoisotopic (exact) mass is 358 g/mol. The molecule has 1 saturated heterocycles. The molecule has 1 heterocycles. The maximum absolute atomic E-state index is 10.8. The first-order chi connectivity index (χ1) is 10.2. The first-order valence-electron chi connectivity index (χ1n) is 7.29. The van der Waals surface area contributed by atoms with Crippen LogP contribution in [0.15, 0.2) is 0 Å².